The molecule has 0 aromatic carbocycles. The van der Waals surface area contributed by atoms with Crippen molar-refractivity contribution in [1.29, 1.82) is 0 Å². The number of hydrogen-bond acceptors (Lipinski definition) is 3. The van der Waals surface area contributed by atoms with E-state index in [1.165, 1.54) is 5.56 Å². The van der Waals surface area contributed by atoms with Gasteiger partial charge in [-0.3, -0.25) is 4.98 Å². The smallest absolute Gasteiger partial charge is 0.0770 e. The molecule has 0 fully saturated rings. The van der Waals surface area contributed by atoms with Gasteiger partial charge in [0.25, 0.3) is 0 Å². The van der Waals surface area contributed by atoms with Gasteiger partial charge in [0.2, 0.25) is 0 Å². The van der Waals surface area contributed by atoms with Crippen molar-refractivity contribution in [3.8, 4) is 0 Å². The molecule has 2 aromatic heterocycles. The first-order valence-corrected chi connectivity index (χ1v) is 6.92. The number of pyridine rings is 1. The minimum absolute atomic E-state index is 0.173. The molecule has 0 amide bonds. The Kier molecular flexibility index (Phi) is 4.09. The molecule has 0 saturated heterocycles. The van der Waals surface area contributed by atoms with Gasteiger partial charge in [-0.05, 0) is 57.0 Å². The molecule has 84 valence electrons. The summed E-state index contributed by atoms with van der Waals surface area (Å²) in [5.74, 6) is 0. The lowest BCUT2D eigenvalue weighted by atomic mass is 10.1. The highest BCUT2D eigenvalue weighted by molar-refractivity contribution is 9.10. The Hall–Kier alpha value is -0.710. The van der Waals surface area contributed by atoms with E-state index >= 15 is 0 Å². The largest absolute Gasteiger partial charge is 0.305 e. The van der Waals surface area contributed by atoms with Gasteiger partial charge in [0.05, 0.1) is 11.7 Å². The number of hydrogen-bond donors (Lipinski definition) is 1. The lowest BCUT2D eigenvalue weighted by Crippen LogP contribution is -2.22. The van der Waals surface area contributed by atoms with E-state index in [2.05, 4.69) is 50.0 Å². The topological polar surface area (TPSA) is 24.9 Å². The minimum atomic E-state index is 0.173. The predicted octanol–water partition coefficient (Wildman–Crippen LogP) is 3.60. The Balaban J connectivity index is 2.37. The second-order valence-corrected chi connectivity index (χ2v) is 5.05. The van der Waals surface area contributed by atoms with Crippen LogP contribution in [0.4, 0.5) is 0 Å². The molecule has 0 aliphatic carbocycles. The fourth-order valence-electron chi connectivity index (χ4n) is 1.63. The standard InChI is InChI=1S/C12H13BrN2S/c1-2-14-11(9-5-7-16-8-9)12-10(13)4-3-6-15-12/h3-8,11,14H,2H2,1H3. The van der Waals surface area contributed by atoms with Gasteiger partial charge in [-0.1, -0.05) is 6.92 Å². The van der Waals surface area contributed by atoms with Crippen molar-refractivity contribution in [3.05, 3.63) is 50.9 Å². The SMILES string of the molecule is CCNC(c1ccsc1)c1ncccc1Br. The second-order valence-electron chi connectivity index (χ2n) is 3.42. The van der Waals surface area contributed by atoms with Gasteiger partial charge in [-0.25, -0.2) is 0 Å². The molecular formula is C12H13BrN2S. The zero-order valence-electron chi connectivity index (χ0n) is 8.98. The molecule has 0 spiro atoms. The number of rotatable bonds is 4. The maximum atomic E-state index is 4.45. The highest BCUT2D eigenvalue weighted by Crippen LogP contribution is 2.27. The molecule has 0 radical (unpaired) electrons. The molecule has 1 N–H and O–H groups in total. The van der Waals surface area contributed by atoms with Crippen LogP contribution in [-0.2, 0) is 0 Å². The van der Waals surface area contributed by atoms with Gasteiger partial charge in [0.15, 0.2) is 0 Å². The summed E-state index contributed by atoms with van der Waals surface area (Å²) in [6.07, 6.45) is 1.83. The molecule has 2 rings (SSSR count). The monoisotopic (exact) mass is 296 g/mol. The highest BCUT2D eigenvalue weighted by atomic mass is 79.9. The van der Waals surface area contributed by atoms with Crippen molar-refractivity contribution in [2.45, 2.75) is 13.0 Å². The molecule has 1 unspecified atom stereocenters. The van der Waals surface area contributed by atoms with Crippen molar-refractivity contribution >= 4 is 27.3 Å². The number of nitrogens with zero attached hydrogens (tertiary/aromatic N) is 1. The van der Waals surface area contributed by atoms with E-state index in [4.69, 9.17) is 0 Å². The molecule has 1 atom stereocenters. The van der Waals surface area contributed by atoms with Crippen LogP contribution in [0.2, 0.25) is 0 Å². The molecule has 0 aliphatic rings. The van der Waals surface area contributed by atoms with E-state index in [9.17, 15) is 0 Å². The molecule has 0 bridgehead atoms. The Morgan fingerprint density at radius 2 is 2.38 bits per heavy atom. The van der Waals surface area contributed by atoms with Gasteiger partial charge in [-0.15, -0.1) is 0 Å². The summed E-state index contributed by atoms with van der Waals surface area (Å²) in [6.45, 7) is 3.03. The third-order valence-corrected chi connectivity index (χ3v) is 3.72. The van der Waals surface area contributed by atoms with E-state index in [-0.39, 0.29) is 6.04 Å². The summed E-state index contributed by atoms with van der Waals surface area (Å²) in [5.41, 5.74) is 2.31. The molecule has 2 aromatic rings. The Labute approximate surface area is 108 Å². The van der Waals surface area contributed by atoms with Crippen molar-refractivity contribution in [3.63, 3.8) is 0 Å². The van der Waals surface area contributed by atoms with Gasteiger partial charge in [0.1, 0.15) is 0 Å². The molecular weight excluding hydrogens is 284 g/mol. The first-order chi connectivity index (χ1) is 7.83. The van der Waals surface area contributed by atoms with Gasteiger partial charge >= 0.3 is 0 Å². The summed E-state index contributed by atoms with van der Waals surface area (Å²) in [4.78, 5) is 4.45. The van der Waals surface area contributed by atoms with Crippen LogP contribution in [0.15, 0.2) is 39.6 Å². The molecule has 2 nitrogen and oxygen atoms in total. The van der Waals surface area contributed by atoms with Crippen LogP contribution in [0, 0.1) is 0 Å². The van der Waals surface area contributed by atoms with Crippen molar-refractivity contribution < 1.29 is 0 Å². The molecule has 4 heteroatoms. The summed E-state index contributed by atoms with van der Waals surface area (Å²) in [5, 5.41) is 7.71. The van der Waals surface area contributed by atoms with Gasteiger partial charge in [0, 0.05) is 10.7 Å². The number of aromatic nitrogens is 1. The maximum absolute atomic E-state index is 4.45. The van der Waals surface area contributed by atoms with E-state index in [0.29, 0.717) is 0 Å². The number of halogens is 1. The number of nitrogens with one attached hydrogen (secondary N) is 1. The summed E-state index contributed by atoms with van der Waals surface area (Å²) < 4.78 is 1.05. The van der Waals surface area contributed by atoms with E-state index in [1.807, 2.05) is 18.3 Å². The van der Waals surface area contributed by atoms with Crippen molar-refractivity contribution in [2.24, 2.45) is 0 Å². The molecule has 0 aliphatic heterocycles. The normalized spacial score (nSPS) is 12.6. The van der Waals surface area contributed by atoms with E-state index < -0.39 is 0 Å². The van der Waals surface area contributed by atoms with Gasteiger partial charge < -0.3 is 5.32 Å². The minimum Gasteiger partial charge on any atom is -0.305 e. The highest BCUT2D eigenvalue weighted by Gasteiger charge is 2.16. The van der Waals surface area contributed by atoms with Crippen LogP contribution in [0.5, 0.6) is 0 Å². The van der Waals surface area contributed by atoms with Crippen LogP contribution in [-0.4, -0.2) is 11.5 Å². The zero-order valence-corrected chi connectivity index (χ0v) is 11.4. The Bertz CT molecular complexity index is 442. The Morgan fingerprint density at radius 1 is 1.50 bits per heavy atom. The Morgan fingerprint density at radius 3 is 3.00 bits per heavy atom. The second kappa shape index (κ2) is 5.57. The predicted molar refractivity (Wildman–Crippen MR) is 71.8 cm³/mol. The van der Waals surface area contributed by atoms with E-state index in [1.54, 1.807) is 11.3 Å². The fourth-order valence-corrected chi connectivity index (χ4v) is 2.80. The van der Waals surface area contributed by atoms with Gasteiger partial charge in [-0.2, -0.15) is 11.3 Å². The maximum Gasteiger partial charge on any atom is 0.0770 e. The fraction of sp³-hybridized carbons (Fsp3) is 0.250. The third kappa shape index (κ3) is 2.51. The molecule has 16 heavy (non-hydrogen) atoms. The summed E-state index contributed by atoms with van der Waals surface area (Å²) in [7, 11) is 0. The number of thiophene rings is 1. The van der Waals surface area contributed by atoms with Crippen LogP contribution >= 0.6 is 27.3 Å². The lowest BCUT2D eigenvalue weighted by Gasteiger charge is -2.17. The zero-order chi connectivity index (χ0) is 11.4. The van der Waals surface area contributed by atoms with Crippen LogP contribution in [0.1, 0.15) is 24.2 Å². The first kappa shape index (κ1) is 11.8. The summed E-state index contributed by atoms with van der Waals surface area (Å²) in [6, 6.07) is 6.27. The van der Waals surface area contributed by atoms with Crippen LogP contribution in [0.3, 0.4) is 0 Å². The molecule has 0 saturated carbocycles. The average molecular weight is 297 g/mol. The lowest BCUT2D eigenvalue weighted by molar-refractivity contribution is 0.614. The van der Waals surface area contributed by atoms with Crippen molar-refractivity contribution in [1.82, 2.24) is 10.3 Å². The first-order valence-electron chi connectivity index (χ1n) is 5.18. The van der Waals surface area contributed by atoms with Crippen molar-refractivity contribution in [2.75, 3.05) is 6.54 Å². The quantitative estimate of drug-likeness (QED) is 0.932. The van der Waals surface area contributed by atoms with Crippen LogP contribution in [0.25, 0.3) is 0 Å². The summed E-state index contributed by atoms with van der Waals surface area (Å²) >= 11 is 5.26. The average Bonchev–Trinajstić information content (AvgIpc) is 2.80. The third-order valence-electron chi connectivity index (χ3n) is 2.35. The van der Waals surface area contributed by atoms with E-state index in [0.717, 1.165) is 16.7 Å². The van der Waals surface area contributed by atoms with Crippen LogP contribution < -0.4 is 5.32 Å². The molecule has 2 heterocycles.